The highest BCUT2D eigenvalue weighted by Crippen LogP contribution is 2.34. The highest BCUT2D eigenvalue weighted by molar-refractivity contribution is 9.10. The number of aromatic nitrogens is 1. The number of likely N-dealkylation sites (tertiary alicyclic amines) is 1. The first-order chi connectivity index (χ1) is 12.6. The lowest BCUT2D eigenvalue weighted by atomic mass is 9.83. The van der Waals surface area contributed by atoms with Crippen molar-refractivity contribution >= 4 is 15.9 Å². The van der Waals surface area contributed by atoms with Gasteiger partial charge in [-0.3, -0.25) is 9.69 Å². The SMILES string of the molecule is O=c1cccc2n1C[C@@H]1C[C@@H]2CN(CC(O)COc2ccc(Br)cc2)C1. The number of ether oxygens (including phenoxy) is 1. The summed E-state index contributed by atoms with van der Waals surface area (Å²) in [6.07, 6.45) is 0.598. The number of rotatable bonds is 5. The van der Waals surface area contributed by atoms with Gasteiger partial charge in [0.2, 0.25) is 0 Å². The molecule has 0 radical (unpaired) electrons. The molecular weight excluding hydrogens is 396 g/mol. The van der Waals surface area contributed by atoms with Crippen molar-refractivity contribution in [3.8, 4) is 5.75 Å². The number of β-amino-alcohol motifs (C(OH)–C–C–N with tert-alkyl or cyclic N) is 1. The molecule has 3 atom stereocenters. The number of aliphatic hydroxyl groups is 1. The second kappa shape index (κ2) is 7.55. The van der Waals surface area contributed by atoms with Crippen LogP contribution in [0.25, 0.3) is 0 Å². The van der Waals surface area contributed by atoms with E-state index < -0.39 is 6.10 Å². The smallest absolute Gasteiger partial charge is 0.250 e. The van der Waals surface area contributed by atoms with Crippen molar-refractivity contribution in [2.45, 2.75) is 25.0 Å². The van der Waals surface area contributed by atoms with Gasteiger partial charge in [-0.05, 0) is 42.7 Å². The van der Waals surface area contributed by atoms with Crippen LogP contribution >= 0.6 is 15.9 Å². The van der Waals surface area contributed by atoms with Crippen LogP contribution in [0.2, 0.25) is 0 Å². The summed E-state index contributed by atoms with van der Waals surface area (Å²) in [7, 11) is 0. The quantitative estimate of drug-likeness (QED) is 0.809. The lowest BCUT2D eigenvalue weighted by molar-refractivity contribution is 0.0384. The maximum absolute atomic E-state index is 12.1. The summed E-state index contributed by atoms with van der Waals surface area (Å²) in [5, 5.41) is 10.4. The largest absolute Gasteiger partial charge is 0.491 e. The van der Waals surface area contributed by atoms with Gasteiger partial charge in [-0.2, -0.15) is 0 Å². The van der Waals surface area contributed by atoms with Crippen LogP contribution < -0.4 is 10.3 Å². The van der Waals surface area contributed by atoms with Crippen molar-refractivity contribution in [3.05, 3.63) is 63.0 Å². The first-order valence-electron chi connectivity index (χ1n) is 9.07. The number of piperidine rings is 1. The van der Waals surface area contributed by atoms with Crippen LogP contribution in [0.1, 0.15) is 18.0 Å². The molecule has 1 fully saturated rings. The molecule has 0 saturated carbocycles. The van der Waals surface area contributed by atoms with Gasteiger partial charge >= 0.3 is 0 Å². The predicted molar refractivity (Wildman–Crippen MR) is 104 cm³/mol. The Balaban J connectivity index is 1.35. The van der Waals surface area contributed by atoms with Crippen LogP contribution in [0.15, 0.2) is 51.7 Å². The molecule has 0 spiro atoms. The van der Waals surface area contributed by atoms with Crippen LogP contribution in [0.3, 0.4) is 0 Å². The summed E-state index contributed by atoms with van der Waals surface area (Å²) < 4.78 is 8.63. The summed E-state index contributed by atoms with van der Waals surface area (Å²) >= 11 is 3.40. The molecule has 2 aliphatic heterocycles. The van der Waals surface area contributed by atoms with E-state index in [-0.39, 0.29) is 12.2 Å². The van der Waals surface area contributed by atoms with Crippen molar-refractivity contribution < 1.29 is 9.84 Å². The maximum Gasteiger partial charge on any atom is 0.250 e. The molecule has 4 rings (SSSR count). The van der Waals surface area contributed by atoms with Crippen LogP contribution in [0.5, 0.6) is 5.75 Å². The van der Waals surface area contributed by atoms with E-state index in [4.69, 9.17) is 4.74 Å². The van der Waals surface area contributed by atoms with Crippen LogP contribution in [0.4, 0.5) is 0 Å². The van der Waals surface area contributed by atoms with Gasteiger partial charge in [-0.15, -0.1) is 0 Å². The van der Waals surface area contributed by atoms with Gasteiger partial charge in [0.15, 0.2) is 0 Å². The fraction of sp³-hybridized carbons (Fsp3) is 0.450. The lowest BCUT2D eigenvalue weighted by Crippen LogP contribution is -2.49. The first kappa shape index (κ1) is 17.8. The Morgan fingerprint density at radius 2 is 1.96 bits per heavy atom. The normalized spacial score (nSPS) is 23.3. The topological polar surface area (TPSA) is 54.7 Å². The van der Waals surface area contributed by atoms with E-state index in [0.717, 1.165) is 42.0 Å². The standard InChI is InChI=1S/C20H23BrN2O3/c21-16-4-6-18(7-5-16)26-13-17(24)12-22-9-14-8-15(11-22)19-2-1-3-20(25)23(19)10-14/h1-7,14-15,17,24H,8-13H2/t14-,15-,17?/m1/s1. The Bertz CT molecular complexity index is 821. The van der Waals surface area contributed by atoms with Crippen molar-refractivity contribution in [2.75, 3.05) is 26.2 Å². The highest BCUT2D eigenvalue weighted by Gasteiger charge is 2.34. The molecular formula is C20H23BrN2O3. The molecule has 1 aromatic carbocycles. The van der Waals surface area contributed by atoms with Gasteiger partial charge in [0, 0.05) is 48.3 Å². The monoisotopic (exact) mass is 418 g/mol. The molecule has 138 valence electrons. The second-order valence-corrected chi connectivity index (χ2v) is 8.25. The number of halogens is 1. The Labute approximate surface area is 161 Å². The van der Waals surface area contributed by atoms with Gasteiger partial charge in [-0.25, -0.2) is 0 Å². The van der Waals surface area contributed by atoms with Gasteiger partial charge in [-0.1, -0.05) is 22.0 Å². The first-order valence-corrected chi connectivity index (χ1v) is 9.86. The lowest BCUT2D eigenvalue weighted by Gasteiger charge is -2.43. The van der Waals surface area contributed by atoms with E-state index in [0.29, 0.717) is 18.4 Å². The molecule has 26 heavy (non-hydrogen) atoms. The fourth-order valence-electron chi connectivity index (χ4n) is 4.22. The Morgan fingerprint density at radius 1 is 1.15 bits per heavy atom. The van der Waals surface area contributed by atoms with Gasteiger partial charge in [0.1, 0.15) is 18.5 Å². The van der Waals surface area contributed by atoms with Crippen molar-refractivity contribution in [2.24, 2.45) is 5.92 Å². The summed E-state index contributed by atoms with van der Waals surface area (Å²) in [5.41, 5.74) is 1.24. The molecule has 5 nitrogen and oxygen atoms in total. The average Bonchev–Trinajstić information content (AvgIpc) is 2.62. The van der Waals surface area contributed by atoms with Crippen molar-refractivity contribution in [3.63, 3.8) is 0 Å². The molecule has 2 aromatic rings. The second-order valence-electron chi connectivity index (χ2n) is 7.34. The Kier molecular flexibility index (Phi) is 5.16. The van der Waals surface area contributed by atoms with E-state index in [2.05, 4.69) is 26.9 Å². The van der Waals surface area contributed by atoms with E-state index in [1.807, 2.05) is 34.9 Å². The summed E-state index contributed by atoms with van der Waals surface area (Å²) in [5.74, 6) is 1.60. The molecule has 6 heteroatoms. The van der Waals surface area contributed by atoms with E-state index in [9.17, 15) is 9.90 Å². The van der Waals surface area contributed by atoms with Gasteiger partial charge in [0.05, 0.1) is 0 Å². The van der Waals surface area contributed by atoms with Crippen molar-refractivity contribution in [1.29, 1.82) is 0 Å². The zero-order valence-electron chi connectivity index (χ0n) is 14.6. The maximum atomic E-state index is 12.1. The molecule has 1 aromatic heterocycles. The molecule has 1 N–H and O–H groups in total. The number of nitrogens with zero attached hydrogens (tertiary/aromatic N) is 2. The number of fused-ring (bicyclic) bond motifs is 4. The minimum Gasteiger partial charge on any atom is -0.491 e. The summed E-state index contributed by atoms with van der Waals surface area (Å²) in [4.78, 5) is 14.4. The number of pyridine rings is 1. The van der Waals surface area contributed by atoms with Crippen LogP contribution in [-0.4, -0.2) is 46.9 Å². The number of aliphatic hydroxyl groups excluding tert-OH is 1. The Morgan fingerprint density at radius 3 is 2.77 bits per heavy atom. The highest BCUT2D eigenvalue weighted by atomic mass is 79.9. The minimum absolute atomic E-state index is 0.105. The number of hydrogen-bond donors (Lipinski definition) is 1. The molecule has 2 aliphatic rings. The zero-order chi connectivity index (χ0) is 18.1. The third kappa shape index (κ3) is 3.87. The predicted octanol–water partition coefficient (Wildman–Crippen LogP) is 2.47. The van der Waals surface area contributed by atoms with Crippen LogP contribution in [0, 0.1) is 5.92 Å². The van der Waals surface area contributed by atoms with E-state index in [1.54, 1.807) is 6.07 Å². The Hall–Kier alpha value is -1.63. The molecule has 0 aliphatic carbocycles. The molecule has 1 saturated heterocycles. The summed E-state index contributed by atoms with van der Waals surface area (Å²) in [6.45, 7) is 3.47. The molecule has 3 heterocycles. The van der Waals surface area contributed by atoms with Gasteiger partial charge in [0.25, 0.3) is 5.56 Å². The molecule has 1 unspecified atom stereocenters. The number of hydrogen-bond acceptors (Lipinski definition) is 4. The zero-order valence-corrected chi connectivity index (χ0v) is 16.1. The van der Waals surface area contributed by atoms with Crippen molar-refractivity contribution in [1.82, 2.24) is 9.47 Å². The summed E-state index contributed by atoms with van der Waals surface area (Å²) in [6, 6.07) is 13.2. The molecule has 2 bridgehead atoms. The fourth-order valence-corrected chi connectivity index (χ4v) is 4.48. The minimum atomic E-state index is -0.532. The number of benzene rings is 1. The van der Waals surface area contributed by atoms with Crippen LogP contribution in [-0.2, 0) is 6.54 Å². The third-order valence-electron chi connectivity index (χ3n) is 5.28. The van der Waals surface area contributed by atoms with E-state index in [1.165, 1.54) is 0 Å². The van der Waals surface area contributed by atoms with E-state index >= 15 is 0 Å². The molecule has 0 amide bonds. The third-order valence-corrected chi connectivity index (χ3v) is 5.81. The van der Waals surface area contributed by atoms with Gasteiger partial charge < -0.3 is 14.4 Å². The average molecular weight is 419 g/mol.